The molecule has 0 aliphatic rings. The van der Waals surface area contributed by atoms with E-state index in [2.05, 4.69) is 26.2 Å². The summed E-state index contributed by atoms with van der Waals surface area (Å²) in [6.45, 7) is 2.01. The summed E-state index contributed by atoms with van der Waals surface area (Å²) in [5.41, 5.74) is 7.52. The van der Waals surface area contributed by atoms with Crippen LogP contribution in [0.5, 0.6) is 0 Å². The van der Waals surface area contributed by atoms with E-state index in [0.717, 1.165) is 22.3 Å². The molecule has 0 bridgehead atoms. The Labute approximate surface area is 113 Å². The number of hydrogen-bond acceptors (Lipinski definition) is 3. The number of hydrogen-bond donors (Lipinski definition) is 1. The van der Waals surface area contributed by atoms with Crippen molar-refractivity contribution in [3.05, 3.63) is 39.6 Å². The quantitative estimate of drug-likeness (QED) is 0.947. The molecule has 1 heterocycles. The van der Waals surface area contributed by atoms with E-state index in [1.54, 1.807) is 4.68 Å². The summed E-state index contributed by atoms with van der Waals surface area (Å²) in [6.07, 6.45) is 2.65. The summed E-state index contributed by atoms with van der Waals surface area (Å²) in [5.74, 6) is 0. The molecule has 90 valence electrons. The topological polar surface area (TPSA) is 56.7 Å². The second-order valence-corrected chi connectivity index (χ2v) is 4.99. The third-order valence-corrected chi connectivity index (χ3v) is 3.39. The van der Waals surface area contributed by atoms with E-state index in [1.807, 2.05) is 31.3 Å². The number of rotatable bonds is 3. The van der Waals surface area contributed by atoms with Crippen LogP contribution in [0.4, 0.5) is 0 Å². The lowest BCUT2D eigenvalue weighted by atomic mass is 10.2. The monoisotopic (exact) mass is 314 g/mol. The zero-order valence-electron chi connectivity index (χ0n) is 9.27. The predicted molar refractivity (Wildman–Crippen MR) is 71.3 cm³/mol. The van der Waals surface area contributed by atoms with Crippen LogP contribution in [0.1, 0.15) is 25.1 Å². The first-order chi connectivity index (χ1) is 8.11. The van der Waals surface area contributed by atoms with Crippen LogP contribution >= 0.6 is 27.5 Å². The molecule has 0 aliphatic heterocycles. The lowest BCUT2D eigenvalue weighted by Crippen LogP contribution is -2.08. The molecule has 1 aromatic heterocycles. The summed E-state index contributed by atoms with van der Waals surface area (Å²) in [4.78, 5) is 0. The van der Waals surface area contributed by atoms with Crippen LogP contribution in [-0.2, 0) is 0 Å². The van der Waals surface area contributed by atoms with Gasteiger partial charge in [0.15, 0.2) is 0 Å². The standard InChI is InChI=1S/C11H12BrClN4/c1-2-9(14)10-6-17(16-15-10)11-5-7(13)3-4-8(11)12/h3-6,9H,2,14H2,1H3. The van der Waals surface area contributed by atoms with Gasteiger partial charge in [-0.05, 0) is 40.5 Å². The van der Waals surface area contributed by atoms with Gasteiger partial charge in [0.05, 0.1) is 23.6 Å². The van der Waals surface area contributed by atoms with Gasteiger partial charge in [-0.25, -0.2) is 4.68 Å². The molecule has 0 radical (unpaired) electrons. The van der Waals surface area contributed by atoms with Crippen molar-refractivity contribution >= 4 is 27.5 Å². The molecular weight excluding hydrogens is 304 g/mol. The van der Waals surface area contributed by atoms with E-state index in [4.69, 9.17) is 17.3 Å². The van der Waals surface area contributed by atoms with Gasteiger partial charge in [-0.15, -0.1) is 5.10 Å². The van der Waals surface area contributed by atoms with E-state index in [-0.39, 0.29) is 6.04 Å². The molecule has 0 spiro atoms. The Morgan fingerprint density at radius 3 is 3.00 bits per heavy atom. The number of nitrogens with two attached hydrogens (primary N) is 1. The Kier molecular flexibility index (Phi) is 3.81. The number of aromatic nitrogens is 3. The predicted octanol–water partition coefficient (Wildman–Crippen LogP) is 3.09. The first kappa shape index (κ1) is 12.5. The number of halogens is 2. The molecule has 4 nitrogen and oxygen atoms in total. The Morgan fingerprint density at radius 2 is 2.29 bits per heavy atom. The van der Waals surface area contributed by atoms with Crippen LogP contribution in [0, 0.1) is 0 Å². The Hall–Kier alpha value is -0.910. The fourth-order valence-corrected chi connectivity index (χ4v) is 2.03. The molecule has 1 unspecified atom stereocenters. The van der Waals surface area contributed by atoms with Crippen LogP contribution in [-0.4, -0.2) is 15.0 Å². The second kappa shape index (κ2) is 5.16. The van der Waals surface area contributed by atoms with Gasteiger partial charge in [-0.1, -0.05) is 23.7 Å². The third kappa shape index (κ3) is 2.68. The van der Waals surface area contributed by atoms with Crippen LogP contribution in [0.25, 0.3) is 5.69 Å². The summed E-state index contributed by atoms with van der Waals surface area (Å²) >= 11 is 9.41. The van der Waals surface area contributed by atoms with Crippen molar-refractivity contribution in [2.24, 2.45) is 5.73 Å². The Bertz CT molecular complexity index is 526. The largest absolute Gasteiger partial charge is 0.323 e. The molecule has 2 N–H and O–H groups in total. The van der Waals surface area contributed by atoms with Crippen molar-refractivity contribution in [1.29, 1.82) is 0 Å². The molecule has 0 saturated heterocycles. The number of nitrogens with zero attached hydrogens (tertiary/aromatic N) is 3. The van der Waals surface area contributed by atoms with Crippen LogP contribution in [0.3, 0.4) is 0 Å². The second-order valence-electron chi connectivity index (χ2n) is 3.70. The zero-order chi connectivity index (χ0) is 12.4. The highest BCUT2D eigenvalue weighted by Gasteiger charge is 2.11. The van der Waals surface area contributed by atoms with Crippen molar-refractivity contribution in [1.82, 2.24) is 15.0 Å². The molecule has 17 heavy (non-hydrogen) atoms. The van der Waals surface area contributed by atoms with Crippen LogP contribution in [0.15, 0.2) is 28.9 Å². The van der Waals surface area contributed by atoms with Crippen molar-refractivity contribution in [2.75, 3.05) is 0 Å². The van der Waals surface area contributed by atoms with Crippen molar-refractivity contribution in [2.45, 2.75) is 19.4 Å². The minimum Gasteiger partial charge on any atom is -0.323 e. The van der Waals surface area contributed by atoms with Crippen molar-refractivity contribution in [3.8, 4) is 5.69 Å². The molecule has 6 heteroatoms. The zero-order valence-corrected chi connectivity index (χ0v) is 11.6. The molecule has 0 aliphatic carbocycles. The van der Waals surface area contributed by atoms with Crippen LogP contribution in [0.2, 0.25) is 5.02 Å². The minimum atomic E-state index is -0.0818. The molecule has 1 aromatic carbocycles. The van der Waals surface area contributed by atoms with E-state index in [9.17, 15) is 0 Å². The maximum Gasteiger partial charge on any atom is 0.0998 e. The lowest BCUT2D eigenvalue weighted by Gasteiger charge is -2.04. The Balaban J connectivity index is 2.40. The normalized spacial score (nSPS) is 12.7. The fraction of sp³-hybridized carbons (Fsp3) is 0.273. The first-order valence-electron chi connectivity index (χ1n) is 5.25. The SMILES string of the molecule is CCC(N)c1cn(-c2cc(Cl)ccc2Br)nn1. The van der Waals surface area contributed by atoms with Gasteiger partial charge in [0.2, 0.25) is 0 Å². The van der Waals surface area contributed by atoms with Gasteiger partial charge in [0.25, 0.3) is 0 Å². The molecule has 0 amide bonds. The third-order valence-electron chi connectivity index (χ3n) is 2.49. The molecule has 2 rings (SSSR count). The van der Waals surface area contributed by atoms with Gasteiger partial charge >= 0.3 is 0 Å². The van der Waals surface area contributed by atoms with E-state index < -0.39 is 0 Å². The van der Waals surface area contributed by atoms with Crippen molar-refractivity contribution < 1.29 is 0 Å². The van der Waals surface area contributed by atoms with Crippen LogP contribution < -0.4 is 5.73 Å². The molecule has 2 aromatic rings. The highest BCUT2D eigenvalue weighted by atomic mass is 79.9. The van der Waals surface area contributed by atoms with Crippen molar-refractivity contribution in [3.63, 3.8) is 0 Å². The minimum absolute atomic E-state index is 0.0818. The summed E-state index contributed by atoms with van der Waals surface area (Å²) in [5, 5.41) is 8.77. The number of benzene rings is 1. The summed E-state index contributed by atoms with van der Waals surface area (Å²) in [7, 11) is 0. The molecule has 0 fully saturated rings. The van der Waals surface area contributed by atoms with E-state index in [0.29, 0.717) is 5.02 Å². The summed E-state index contributed by atoms with van der Waals surface area (Å²) < 4.78 is 2.57. The van der Waals surface area contributed by atoms with E-state index in [1.165, 1.54) is 0 Å². The van der Waals surface area contributed by atoms with Gasteiger partial charge in [-0.3, -0.25) is 0 Å². The smallest absolute Gasteiger partial charge is 0.0998 e. The fourth-order valence-electron chi connectivity index (χ4n) is 1.43. The maximum absolute atomic E-state index is 5.96. The van der Waals surface area contributed by atoms with Gasteiger partial charge in [0, 0.05) is 9.50 Å². The lowest BCUT2D eigenvalue weighted by molar-refractivity contribution is 0.670. The first-order valence-corrected chi connectivity index (χ1v) is 6.42. The van der Waals surface area contributed by atoms with E-state index >= 15 is 0 Å². The maximum atomic E-state index is 5.96. The average molecular weight is 316 g/mol. The van der Waals surface area contributed by atoms with Gasteiger partial charge in [0.1, 0.15) is 0 Å². The molecular formula is C11H12BrClN4. The molecule has 1 atom stereocenters. The average Bonchev–Trinajstić information content (AvgIpc) is 2.80. The highest BCUT2D eigenvalue weighted by Crippen LogP contribution is 2.24. The molecule has 0 saturated carbocycles. The van der Waals surface area contributed by atoms with Gasteiger partial charge in [-0.2, -0.15) is 0 Å². The van der Waals surface area contributed by atoms with Gasteiger partial charge < -0.3 is 5.73 Å². The summed E-state index contributed by atoms with van der Waals surface area (Å²) in [6, 6.07) is 5.42. The Morgan fingerprint density at radius 1 is 1.53 bits per heavy atom. The highest BCUT2D eigenvalue weighted by molar-refractivity contribution is 9.10.